The molecule has 0 amide bonds. The van der Waals surface area contributed by atoms with Gasteiger partial charge in [0.25, 0.3) is 0 Å². The van der Waals surface area contributed by atoms with Crippen LogP contribution in [0.15, 0.2) is 18.2 Å². The summed E-state index contributed by atoms with van der Waals surface area (Å²) in [7, 11) is 0. The molecule has 0 spiro atoms. The van der Waals surface area contributed by atoms with Crippen LogP contribution < -0.4 is 10.1 Å². The highest BCUT2D eigenvalue weighted by Crippen LogP contribution is 2.30. The number of aromatic nitrogens is 2. The van der Waals surface area contributed by atoms with E-state index in [-0.39, 0.29) is 0 Å². The van der Waals surface area contributed by atoms with Crippen molar-refractivity contribution in [3.8, 4) is 11.6 Å². The van der Waals surface area contributed by atoms with Gasteiger partial charge < -0.3 is 10.1 Å². The van der Waals surface area contributed by atoms with Gasteiger partial charge in [0.1, 0.15) is 17.4 Å². The fourth-order valence-electron chi connectivity index (χ4n) is 2.06. The Morgan fingerprint density at radius 2 is 1.81 bits per heavy atom. The minimum Gasteiger partial charge on any atom is -0.438 e. The number of aryl methyl sites for hydroxylation is 2. The highest BCUT2D eigenvalue weighted by Gasteiger charge is 2.12. The number of benzene rings is 1. The van der Waals surface area contributed by atoms with Crippen molar-refractivity contribution >= 4 is 5.82 Å². The van der Waals surface area contributed by atoms with E-state index in [0.717, 1.165) is 35.7 Å². The van der Waals surface area contributed by atoms with Gasteiger partial charge in [0, 0.05) is 6.54 Å². The lowest BCUT2D eigenvalue weighted by Crippen LogP contribution is -2.07. The molecular weight excluding hydrogens is 262 g/mol. The lowest BCUT2D eigenvalue weighted by molar-refractivity contribution is 0.452. The number of anilines is 1. The second kappa shape index (κ2) is 6.57. The summed E-state index contributed by atoms with van der Waals surface area (Å²) in [5.41, 5.74) is 3.28. The second-order valence-electron chi connectivity index (χ2n) is 5.28. The van der Waals surface area contributed by atoms with Gasteiger partial charge in [-0.15, -0.1) is 0 Å². The van der Waals surface area contributed by atoms with Crippen LogP contribution in [0.2, 0.25) is 0 Å². The molecule has 4 heteroatoms. The molecule has 1 aromatic heterocycles. The molecule has 1 aromatic carbocycles. The van der Waals surface area contributed by atoms with Gasteiger partial charge in [-0.05, 0) is 51.3 Å². The zero-order valence-electron chi connectivity index (χ0n) is 13.4. The van der Waals surface area contributed by atoms with E-state index in [1.165, 1.54) is 5.56 Å². The molecule has 0 saturated heterocycles. The average molecular weight is 285 g/mol. The zero-order valence-corrected chi connectivity index (χ0v) is 13.4. The summed E-state index contributed by atoms with van der Waals surface area (Å²) in [4.78, 5) is 8.88. The molecule has 2 aromatic rings. The van der Waals surface area contributed by atoms with E-state index < -0.39 is 0 Å². The van der Waals surface area contributed by atoms with E-state index in [1.807, 2.05) is 26.0 Å². The fourth-order valence-corrected chi connectivity index (χ4v) is 2.06. The highest BCUT2D eigenvalue weighted by atomic mass is 16.5. The molecule has 4 nitrogen and oxygen atoms in total. The third-order valence-electron chi connectivity index (χ3n) is 3.52. The molecule has 0 unspecified atom stereocenters. The molecule has 0 fully saturated rings. The Kier molecular flexibility index (Phi) is 4.78. The fraction of sp³-hybridized carbons (Fsp3) is 0.412. The topological polar surface area (TPSA) is 47.0 Å². The number of nitrogens with zero attached hydrogens (tertiary/aromatic N) is 2. The molecule has 2 rings (SSSR count). The van der Waals surface area contributed by atoms with Crippen LogP contribution in [0, 0.1) is 27.7 Å². The first kappa shape index (κ1) is 15.3. The lowest BCUT2D eigenvalue weighted by Gasteiger charge is -2.15. The Morgan fingerprint density at radius 3 is 2.52 bits per heavy atom. The molecule has 0 radical (unpaired) electrons. The first-order valence-electron chi connectivity index (χ1n) is 7.36. The van der Waals surface area contributed by atoms with Crippen LogP contribution in [-0.4, -0.2) is 16.5 Å². The summed E-state index contributed by atoms with van der Waals surface area (Å²) in [5, 5.41) is 3.32. The van der Waals surface area contributed by atoms with Crippen LogP contribution >= 0.6 is 0 Å². The highest BCUT2D eigenvalue weighted by molar-refractivity contribution is 5.50. The number of hydrogen-bond donors (Lipinski definition) is 1. The summed E-state index contributed by atoms with van der Waals surface area (Å²) in [6.07, 6.45) is 1.05. The number of nitrogens with one attached hydrogen (secondary N) is 1. The minimum atomic E-state index is 0.620. The maximum atomic E-state index is 6.03. The molecule has 0 aliphatic heterocycles. The minimum absolute atomic E-state index is 0.620. The molecule has 21 heavy (non-hydrogen) atoms. The number of ether oxygens (including phenoxy) is 1. The van der Waals surface area contributed by atoms with Crippen LogP contribution in [-0.2, 0) is 0 Å². The summed E-state index contributed by atoms with van der Waals surface area (Å²) in [5.74, 6) is 3.02. The first-order chi connectivity index (χ1) is 10.0. The monoisotopic (exact) mass is 285 g/mol. The predicted molar refractivity (Wildman–Crippen MR) is 86.3 cm³/mol. The largest absolute Gasteiger partial charge is 0.438 e. The molecule has 0 bridgehead atoms. The van der Waals surface area contributed by atoms with Crippen molar-refractivity contribution in [1.29, 1.82) is 0 Å². The van der Waals surface area contributed by atoms with Crippen molar-refractivity contribution in [2.75, 3.05) is 11.9 Å². The molecule has 112 valence electrons. The van der Waals surface area contributed by atoms with E-state index in [0.29, 0.717) is 11.7 Å². The molecule has 0 aliphatic rings. The van der Waals surface area contributed by atoms with Crippen LogP contribution in [0.5, 0.6) is 11.6 Å². The van der Waals surface area contributed by atoms with Gasteiger partial charge in [0.05, 0.1) is 5.56 Å². The Bertz CT molecular complexity index is 638. The third-order valence-corrected chi connectivity index (χ3v) is 3.52. The van der Waals surface area contributed by atoms with Crippen molar-refractivity contribution in [2.24, 2.45) is 0 Å². The summed E-state index contributed by atoms with van der Waals surface area (Å²) in [6.45, 7) is 11.0. The Balaban J connectivity index is 2.35. The molecular formula is C17H23N3O. The summed E-state index contributed by atoms with van der Waals surface area (Å²) < 4.78 is 6.03. The van der Waals surface area contributed by atoms with E-state index >= 15 is 0 Å². The van der Waals surface area contributed by atoms with Crippen molar-refractivity contribution < 1.29 is 4.74 Å². The smallest absolute Gasteiger partial charge is 0.227 e. The summed E-state index contributed by atoms with van der Waals surface area (Å²) >= 11 is 0. The van der Waals surface area contributed by atoms with Crippen molar-refractivity contribution in [2.45, 2.75) is 41.0 Å². The maximum Gasteiger partial charge on any atom is 0.227 e. The SMILES string of the molecule is CCCNc1nc(C)nc(Oc2cccc(C)c2C)c1C. The van der Waals surface area contributed by atoms with Gasteiger partial charge >= 0.3 is 0 Å². The van der Waals surface area contributed by atoms with Gasteiger partial charge in [0.2, 0.25) is 5.88 Å². The summed E-state index contributed by atoms with van der Waals surface area (Å²) in [6, 6.07) is 6.05. The van der Waals surface area contributed by atoms with Gasteiger partial charge in [-0.3, -0.25) is 0 Å². The van der Waals surface area contributed by atoms with Crippen LogP contribution in [0.1, 0.15) is 35.9 Å². The Morgan fingerprint density at radius 1 is 1.05 bits per heavy atom. The molecule has 0 atom stereocenters. The third kappa shape index (κ3) is 3.51. The van der Waals surface area contributed by atoms with E-state index in [4.69, 9.17) is 4.74 Å². The standard InChI is InChI=1S/C17H23N3O/c1-6-10-18-16-13(4)17(20-14(5)19-16)21-15-9-7-8-11(2)12(15)3/h7-9H,6,10H2,1-5H3,(H,18,19,20). The van der Waals surface area contributed by atoms with Crippen LogP contribution in [0.25, 0.3) is 0 Å². The van der Waals surface area contributed by atoms with Crippen molar-refractivity contribution in [1.82, 2.24) is 9.97 Å². The molecule has 0 saturated carbocycles. The molecule has 1 N–H and O–H groups in total. The first-order valence-corrected chi connectivity index (χ1v) is 7.36. The van der Waals surface area contributed by atoms with E-state index in [9.17, 15) is 0 Å². The van der Waals surface area contributed by atoms with E-state index in [1.54, 1.807) is 0 Å². The van der Waals surface area contributed by atoms with Gasteiger partial charge in [0.15, 0.2) is 0 Å². The van der Waals surface area contributed by atoms with Gasteiger partial charge in [-0.2, -0.15) is 4.98 Å². The Hall–Kier alpha value is -2.10. The number of rotatable bonds is 5. The quantitative estimate of drug-likeness (QED) is 0.888. The van der Waals surface area contributed by atoms with Gasteiger partial charge in [-0.25, -0.2) is 4.98 Å². The Labute approximate surface area is 126 Å². The predicted octanol–water partition coefficient (Wildman–Crippen LogP) is 4.32. The average Bonchev–Trinajstić information content (AvgIpc) is 2.45. The number of hydrogen-bond acceptors (Lipinski definition) is 4. The van der Waals surface area contributed by atoms with Gasteiger partial charge in [-0.1, -0.05) is 19.1 Å². The zero-order chi connectivity index (χ0) is 15.4. The van der Waals surface area contributed by atoms with Crippen molar-refractivity contribution in [3.63, 3.8) is 0 Å². The van der Waals surface area contributed by atoms with E-state index in [2.05, 4.69) is 42.1 Å². The van der Waals surface area contributed by atoms with Crippen molar-refractivity contribution in [3.05, 3.63) is 40.7 Å². The molecule has 1 heterocycles. The molecule has 0 aliphatic carbocycles. The second-order valence-corrected chi connectivity index (χ2v) is 5.28. The van der Waals surface area contributed by atoms with Crippen LogP contribution in [0.4, 0.5) is 5.82 Å². The lowest BCUT2D eigenvalue weighted by atomic mass is 10.1. The normalized spacial score (nSPS) is 10.5. The van der Waals surface area contributed by atoms with Crippen LogP contribution in [0.3, 0.4) is 0 Å². The maximum absolute atomic E-state index is 6.03.